The Bertz CT molecular complexity index is 1250. The van der Waals surface area contributed by atoms with Crippen LogP contribution >= 0.6 is 11.3 Å². The monoisotopic (exact) mass is 435 g/mol. The summed E-state index contributed by atoms with van der Waals surface area (Å²) in [5, 5.41) is 7.65. The number of urea groups is 1. The van der Waals surface area contributed by atoms with Crippen LogP contribution in [0.15, 0.2) is 48.5 Å². The molecule has 158 valence electrons. The molecule has 1 N–H and O–H groups in total. The van der Waals surface area contributed by atoms with E-state index in [0.29, 0.717) is 30.3 Å². The second-order valence-corrected chi connectivity index (χ2v) is 8.20. The Balaban J connectivity index is 1.34. The van der Waals surface area contributed by atoms with Gasteiger partial charge in [-0.1, -0.05) is 41.7 Å². The molecule has 0 bridgehead atoms. The van der Waals surface area contributed by atoms with Crippen molar-refractivity contribution in [3.05, 3.63) is 59.1 Å². The largest absolute Gasteiger partial charge is 0.497 e. The van der Waals surface area contributed by atoms with Crippen molar-refractivity contribution in [2.75, 3.05) is 26.1 Å². The van der Waals surface area contributed by atoms with Crippen LogP contribution in [0.25, 0.3) is 16.3 Å². The number of nitrogens with zero attached hydrogens (tertiary/aromatic N) is 4. The minimum absolute atomic E-state index is 0.168. The molecule has 8 nitrogen and oxygen atoms in total. The number of thiazole rings is 1. The molecule has 2 aromatic carbocycles. The molecule has 0 aliphatic carbocycles. The van der Waals surface area contributed by atoms with E-state index in [1.807, 2.05) is 34.8 Å². The Hall–Kier alpha value is -3.59. The predicted molar refractivity (Wildman–Crippen MR) is 119 cm³/mol. The highest BCUT2D eigenvalue weighted by Crippen LogP contribution is 2.32. The van der Waals surface area contributed by atoms with Crippen LogP contribution in [0, 0.1) is 0 Å². The maximum atomic E-state index is 12.9. The first-order valence-corrected chi connectivity index (χ1v) is 10.7. The van der Waals surface area contributed by atoms with Crippen molar-refractivity contribution < 1.29 is 14.3 Å². The Morgan fingerprint density at radius 3 is 2.74 bits per heavy atom. The van der Waals surface area contributed by atoms with Crippen molar-refractivity contribution in [1.82, 2.24) is 19.5 Å². The molecule has 0 unspecified atom stereocenters. The number of anilines is 1. The number of benzene rings is 2. The summed E-state index contributed by atoms with van der Waals surface area (Å²) in [5.74, 6) is 1.95. The number of carbonyl (C=O) groups excluding carboxylic acids is 1. The molecule has 4 aromatic rings. The number of rotatable bonds is 4. The predicted octanol–water partition coefficient (Wildman–Crippen LogP) is 4.07. The van der Waals surface area contributed by atoms with Crippen molar-refractivity contribution in [3.63, 3.8) is 0 Å². The maximum absolute atomic E-state index is 12.9. The number of hydrogen-bond acceptors (Lipinski definition) is 6. The van der Waals surface area contributed by atoms with E-state index in [2.05, 4.69) is 10.3 Å². The van der Waals surface area contributed by atoms with E-state index in [0.717, 1.165) is 33.3 Å². The van der Waals surface area contributed by atoms with Gasteiger partial charge in [0.2, 0.25) is 4.96 Å². The number of hydrogen-bond donors (Lipinski definition) is 1. The molecular weight excluding hydrogens is 414 g/mol. The summed E-state index contributed by atoms with van der Waals surface area (Å²) in [6.07, 6.45) is 0.722. The molecule has 0 spiro atoms. The van der Waals surface area contributed by atoms with Gasteiger partial charge in [0.1, 0.15) is 11.5 Å². The number of fused-ring (bicyclic) bond motifs is 3. The van der Waals surface area contributed by atoms with Gasteiger partial charge in [0.15, 0.2) is 5.82 Å². The van der Waals surface area contributed by atoms with Gasteiger partial charge in [0, 0.05) is 29.5 Å². The summed E-state index contributed by atoms with van der Waals surface area (Å²) in [7, 11) is 3.16. The second-order valence-electron chi connectivity index (χ2n) is 7.14. The van der Waals surface area contributed by atoms with Crippen LogP contribution in [0.5, 0.6) is 11.5 Å². The van der Waals surface area contributed by atoms with E-state index in [4.69, 9.17) is 14.6 Å². The van der Waals surface area contributed by atoms with Gasteiger partial charge >= 0.3 is 6.03 Å². The highest BCUT2D eigenvalue weighted by atomic mass is 32.1. The average molecular weight is 436 g/mol. The number of nitrogens with one attached hydrogen (secondary N) is 1. The Kier molecular flexibility index (Phi) is 4.95. The molecule has 2 amide bonds. The van der Waals surface area contributed by atoms with Crippen molar-refractivity contribution in [1.29, 1.82) is 0 Å². The van der Waals surface area contributed by atoms with Crippen LogP contribution in [0.2, 0.25) is 0 Å². The maximum Gasteiger partial charge on any atom is 0.322 e. The molecule has 0 atom stereocenters. The lowest BCUT2D eigenvalue weighted by molar-refractivity contribution is 0.206. The first-order chi connectivity index (χ1) is 15.2. The van der Waals surface area contributed by atoms with E-state index in [1.165, 1.54) is 0 Å². The number of carbonyl (C=O) groups is 1. The average Bonchev–Trinajstić information content (AvgIpc) is 3.37. The van der Waals surface area contributed by atoms with Crippen molar-refractivity contribution in [2.24, 2.45) is 0 Å². The third kappa shape index (κ3) is 3.57. The molecular formula is C22H21N5O3S. The standard InChI is InChI=1S/C22H21N5O3S/c1-29-15-8-9-16(18(12-15)30-2)23-21(28)26-11-10-17-19(13-26)31-22-24-20(25-27(17)22)14-6-4-3-5-7-14/h3-9,12H,10-11,13H2,1-2H3,(H,23,28). The molecule has 1 aliphatic rings. The van der Waals surface area contributed by atoms with Gasteiger partial charge in [-0.25, -0.2) is 9.31 Å². The minimum atomic E-state index is -0.168. The van der Waals surface area contributed by atoms with Gasteiger partial charge in [0.25, 0.3) is 0 Å². The molecule has 2 aromatic heterocycles. The van der Waals surface area contributed by atoms with E-state index in [-0.39, 0.29) is 6.03 Å². The summed E-state index contributed by atoms with van der Waals surface area (Å²) >= 11 is 1.58. The smallest absolute Gasteiger partial charge is 0.322 e. The molecule has 9 heteroatoms. The molecule has 5 rings (SSSR count). The zero-order valence-corrected chi connectivity index (χ0v) is 18.0. The van der Waals surface area contributed by atoms with Crippen LogP contribution in [0.1, 0.15) is 10.6 Å². The van der Waals surface area contributed by atoms with Gasteiger partial charge in [-0.2, -0.15) is 4.98 Å². The molecule has 0 radical (unpaired) electrons. The lowest BCUT2D eigenvalue weighted by Crippen LogP contribution is -2.38. The Morgan fingerprint density at radius 2 is 1.97 bits per heavy atom. The first-order valence-electron chi connectivity index (χ1n) is 9.87. The minimum Gasteiger partial charge on any atom is -0.497 e. The lowest BCUT2D eigenvalue weighted by Gasteiger charge is -2.27. The summed E-state index contributed by atoms with van der Waals surface area (Å²) in [6.45, 7) is 1.12. The fourth-order valence-corrected chi connectivity index (χ4v) is 4.78. The number of aromatic nitrogens is 3. The van der Waals surface area contributed by atoms with Gasteiger partial charge in [0.05, 0.1) is 32.1 Å². The SMILES string of the molecule is COc1ccc(NC(=O)N2CCc3c(sc4nc(-c5ccccc5)nn34)C2)c(OC)c1. The third-order valence-electron chi connectivity index (χ3n) is 5.29. The topological polar surface area (TPSA) is 81.0 Å². The van der Waals surface area contributed by atoms with E-state index in [9.17, 15) is 4.79 Å². The zero-order chi connectivity index (χ0) is 21.4. The molecule has 31 heavy (non-hydrogen) atoms. The van der Waals surface area contributed by atoms with Gasteiger partial charge in [-0.15, -0.1) is 5.10 Å². The van der Waals surface area contributed by atoms with Crippen molar-refractivity contribution in [3.8, 4) is 22.9 Å². The second kappa shape index (κ2) is 7.92. The van der Waals surface area contributed by atoms with Crippen LogP contribution in [-0.4, -0.2) is 46.3 Å². The highest BCUT2D eigenvalue weighted by Gasteiger charge is 2.26. The van der Waals surface area contributed by atoms with E-state index >= 15 is 0 Å². The van der Waals surface area contributed by atoms with Gasteiger partial charge in [-0.3, -0.25) is 0 Å². The number of methoxy groups -OCH3 is 2. The van der Waals surface area contributed by atoms with E-state index in [1.54, 1.807) is 48.7 Å². The quantitative estimate of drug-likeness (QED) is 0.523. The van der Waals surface area contributed by atoms with Crippen LogP contribution in [-0.2, 0) is 13.0 Å². The van der Waals surface area contributed by atoms with Crippen LogP contribution in [0.3, 0.4) is 0 Å². The summed E-state index contributed by atoms with van der Waals surface area (Å²) in [5.41, 5.74) is 2.73. The van der Waals surface area contributed by atoms with Crippen molar-refractivity contribution >= 4 is 28.0 Å². The lowest BCUT2D eigenvalue weighted by atomic mass is 10.2. The number of amides is 2. The Morgan fingerprint density at radius 1 is 1.13 bits per heavy atom. The molecule has 0 fully saturated rings. The summed E-state index contributed by atoms with van der Waals surface area (Å²) in [4.78, 5) is 21.3. The normalized spacial score (nSPS) is 13.2. The van der Waals surface area contributed by atoms with Crippen LogP contribution < -0.4 is 14.8 Å². The zero-order valence-electron chi connectivity index (χ0n) is 17.2. The van der Waals surface area contributed by atoms with Gasteiger partial charge < -0.3 is 19.7 Å². The first kappa shape index (κ1) is 19.4. The van der Waals surface area contributed by atoms with Crippen molar-refractivity contribution in [2.45, 2.75) is 13.0 Å². The van der Waals surface area contributed by atoms with Crippen LogP contribution in [0.4, 0.5) is 10.5 Å². The van der Waals surface area contributed by atoms with E-state index < -0.39 is 0 Å². The molecule has 3 heterocycles. The summed E-state index contributed by atoms with van der Waals surface area (Å²) in [6, 6.07) is 15.1. The third-order valence-corrected chi connectivity index (χ3v) is 6.35. The highest BCUT2D eigenvalue weighted by molar-refractivity contribution is 7.17. The van der Waals surface area contributed by atoms with Gasteiger partial charge in [-0.05, 0) is 12.1 Å². The molecule has 0 saturated carbocycles. The molecule has 1 aliphatic heterocycles. The Labute approximate surface area is 183 Å². The fraction of sp³-hybridized carbons (Fsp3) is 0.227. The number of ether oxygens (including phenoxy) is 2. The fourth-order valence-electron chi connectivity index (χ4n) is 3.67. The molecule has 0 saturated heterocycles. The summed E-state index contributed by atoms with van der Waals surface area (Å²) < 4.78 is 12.5.